The largest absolute Gasteiger partial charge is 0.378 e. The van der Waals surface area contributed by atoms with Crippen molar-refractivity contribution in [3.63, 3.8) is 0 Å². The molecule has 0 amide bonds. The van der Waals surface area contributed by atoms with Crippen molar-refractivity contribution in [1.29, 1.82) is 0 Å². The van der Waals surface area contributed by atoms with E-state index in [-0.39, 0.29) is 6.23 Å². The van der Waals surface area contributed by atoms with E-state index in [0.29, 0.717) is 6.42 Å². The minimum absolute atomic E-state index is 0.338. The lowest BCUT2D eigenvalue weighted by atomic mass is 10.1. The second kappa shape index (κ2) is 5.24. The van der Waals surface area contributed by atoms with E-state index < -0.39 is 0 Å². The number of hydrogen-bond donors (Lipinski definition) is 1. The zero-order valence-electron chi connectivity index (χ0n) is 8.97. The third-order valence-electron chi connectivity index (χ3n) is 2.95. The van der Waals surface area contributed by atoms with Crippen molar-refractivity contribution in [2.45, 2.75) is 31.9 Å². The number of aliphatic hydroxyl groups excluding tert-OH is 1. The maximum atomic E-state index is 10.0. The number of nitrogens with zero attached hydrogens (tertiary/aromatic N) is 2. The molecule has 1 aromatic rings. The molecule has 3 heteroatoms. The molecule has 0 spiro atoms. The van der Waals surface area contributed by atoms with Gasteiger partial charge in [0.15, 0.2) is 0 Å². The number of aromatic nitrogens is 1. The normalized spacial score (nSPS) is 20.1. The van der Waals surface area contributed by atoms with Crippen LogP contribution in [0.5, 0.6) is 0 Å². The number of aliphatic hydroxyl groups is 1. The summed E-state index contributed by atoms with van der Waals surface area (Å²) in [6.07, 6.45) is 7.66. The quantitative estimate of drug-likeness (QED) is 0.812. The molecule has 1 saturated heterocycles. The third kappa shape index (κ3) is 3.01. The van der Waals surface area contributed by atoms with Gasteiger partial charge in [-0.05, 0) is 24.5 Å². The van der Waals surface area contributed by atoms with Crippen LogP contribution in [0.4, 0.5) is 0 Å². The van der Waals surface area contributed by atoms with Gasteiger partial charge in [-0.2, -0.15) is 0 Å². The van der Waals surface area contributed by atoms with E-state index >= 15 is 0 Å². The predicted molar refractivity (Wildman–Crippen MR) is 59.4 cm³/mol. The minimum Gasteiger partial charge on any atom is -0.378 e. The summed E-state index contributed by atoms with van der Waals surface area (Å²) in [5.41, 5.74) is 1.11. The molecular weight excluding hydrogens is 188 g/mol. The SMILES string of the molecule is O[C@@H](Cc1cccnc1)N1CCCCC1. The van der Waals surface area contributed by atoms with Gasteiger partial charge in [0.2, 0.25) is 0 Å². The highest BCUT2D eigenvalue weighted by Crippen LogP contribution is 2.13. The van der Waals surface area contributed by atoms with Gasteiger partial charge in [0.25, 0.3) is 0 Å². The first-order valence-electron chi connectivity index (χ1n) is 5.67. The average molecular weight is 206 g/mol. The van der Waals surface area contributed by atoms with Crippen molar-refractivity contribution in [3.8, 4) is 0 Å². The van der Waals surface area contributed by atoms with Crippen LogP contribution in [0.2, 0.25) is 0 Å². The lowest BCUT2D eigenvalue weighted by Gasteiger charge is -2.31. The van der Waals surface area contributed by atoms with Gasteiger partial charge >= 0.3 is 0 Å². The molecule has 82 valence electrons. The highest BCUT2D eigenvalue weighted by molar-refractivity contribution is 5.09. The zero-order valence-corrected chi connectivity index (χ0v) is 8.97. The molecule has 0 radical (unpaired) electrons. The molecule has 0 saturated carbocycles. The van der Waals surface area contributed by atoms with Crippen LogP contribution in [0.3, 0.4) is 0 Å². The summed E-state index contributed by atoms with van der Waals surface area (Å²) in [7, 11) is 0. The van der Waals surface area contributed by atoms with Gasteiger partial charge in [-0.3, -0.25) is 9.88 Å². The first-order chi connectivity index (χ1) is 7.36. The Morgan fingerprint density at radius 2 is 2.13 bits per heavy atom. The van der Waals surface area contributed by atoms with Crippen LogP contribution in [0.25, 0.3) is 0 Å². The van der Waals surface area contributed by atoms with Gasteiger partial charge in [-0.15, -0.1) is 0 Å². The van der Waals surface area contributed by atoms with Gasteiger partial charge in [-0.1, -0.05) is 12.5 Å². The van der Waals surface area contributed by atoms with Gasteiger partial charge < -0.3 is 5.11 Å². The molecule has 1 atom stereocenters. The number of likely N-dealkylation sites (tertiary alicyclic amines) is 1. The van der Waals surface area contributed by atoms with Crippen LogP contribution >= 0.6 is 0 Å². The number of rotatable bonds is 3. The number of hydrogen-bond acceptors (Lipinski definition) is 3. The lowest BCUT2D eigenvalue weighted by molar-refractivity contribution is -0.00702. The second-order valence-electron chi connectivity index (χ2n) is 4.14. The lowest BCUT2D eigenvalue weighted by Crippen LogP contribution is -2.40. The van der Waals surface area contributed by atoms with Crippen LogP contribution in [0.15, 0.2) is 24.5 Å². The van der Waals surface area contributed by atoms with E-state index in [1.807, 2.05) is 18.3 Å². The average Bonchev–Trinajstić information content (AvgIpc) is 2.31. The molecule has 2 heterocycles. The van der Waals surface area contributed by atoms with E-state index in [1.54, 1.807) is 6.20 Å². The van der Waals surface area contributed by atoms with Crippen LogP contribution in [-0.4, -0.2) is 34.3 Å². The summed E-state index contributed by atoms with van der Waals surface area (Å²) in [5, 5.41) is 10.0. The second-order valence-corrected chi connectivity index (χ2v) is 4.14. The number of pyridine rings is 1. The molecule has 0 aliphatic carbocycles. The monoisotopic (exact) mass is 206 g/mol. The van der Waals surface area contributed by atoms with Crippen molar-refractivity contribution in [3.05, 3.63) is 30.1 Å². The summed E-state index contributed by atoms with van der Waals surface area (Å²) in [4.78, 5) is 6.22. The molecule has 1 aliphatic rings. The van der Waals surface area contributed by atoms with Gasteiger partial charge in [0, 0.05) is 31.9 Å². The van der Waals surface area contributed by atoms with Crippen molar-refractivity contribution in [2.24, 2.45) is 0 Å². The van der Waals surface area contributed by atoms with Crippen LogP contribution in [0, 0.1) is 0 Å². The fourth-order valence-electron chi connectivity index (χ4n) is 2.08. The van der Waals surface area contributed by atoms with E-state index in [2.05, 4.69) is 9.88 Å². The Balaban J connectivity index is 1.88. The first-order valence-corrected chi connectivity index (χ1v) is 5.67. The molecule has 1 fully saturated rings. The molecule has 15 heavy (non-hydrogen) atoms. The van der Waals surface area contributed by atoms with Crippen molar-refractivity contribution >= 4 is 0 Å². The molecule has 3 nitrogen and oxygen atoms in total. The summed E-state index contributed by atoms with van der Waals surface area (Å²) in [6, 6.07) is 3.93. The highest BCUT2D eigenvalue weighted by atomic mass is 16.3. The van der Waals surface area contributed by atoms with Gasteiger partial charge in [-0.25, -0.2) is 0 Å². The number of piperidine rings is 1. The molecule has 1 aliphatic heterocycles. The maximum absolute atomic E-state index is 10.0. The summed E-state index contributed by atoms with van der Waals surface area (Å²) in [6.45, 7) is 2.06. The maximum Gasteiger partial charge on any atom is 0.111 e. The highest BCUT2D eigenvalue weighted by Gasteiger charge is 2.18. The van der Waals surface area contributed by atoms with Crippen LogP contribution in [0.1, 0.15) is 24.8 Å². The molecule has 0 aromatic carbocycles. The molecule has 1 N–H and O–H groups in total. The van der Waals surface area contributed by atoms with E-state index in [9.17, 15) is 5.11 Å². The van der Waals surface area contributed by atoms with Crippen molar-refractivity contribution < 1.29 is 5.11 Å². The molecule has 2 rings (SSSR count). The van der Waals surface area contributed by atoms with Gasteiger partial charge in [0.1, 0.15) is 6.23 Å². The Bertz CT molecular complexity index is 283. The smallest absolute Gasteiger partial charge is 0.111 e. The molecule has 0 unspecified atom stereocenters. The van der Waals surface area contributed by atoms with E-state index in [0.717, 1.165) is 18.7 Å². The zero-order chi connectivity index (χ0) is 10.5. The molecule has 1 aromatic heterocycles. The fourth-order valence-corrected chi connectivity index (χ4v) is 2.08. The third-order valence-corrected chi connectivity index (χ3v) is 2.95. The van der Waals surface area contributed by atoms with Crippen molar-refractivity contribution in [1.82, 2.24) is 9.88 Å². The topological polar surface area (TPSA) is 36.4 Å². The predicted octanol–water partition coefficient (Wildman–Crippen LogP) is 1.43. The van der Waals surface area contributed by atoms with E-state index in [4.69, 9.17) is 0 Å². The van der Waals surface area contributed by atoms with Crippen LogP contribution in [-0.2, 0) is 6.42 Å². The Hall–Kier alpha value is -0.930. The molecule has 0 bridgehead atoms. The van der Waals surface area contributed by atoms with Gasteiger partial charge in [0.05, 0.1) is 0 Å². The minimum atomic E-state index is -0.338. The Kier molecular flexibility index (Phi) is 3.69. The Morgan fingerprint density at radius 1 is 1.33 bits per heavy atom. The standard InChI is InChI=1S/C12H18N2O/c15-12(14-7-2-1-3-8-14)9-11-5-4-6-13-10-11/h4-6,10,12,15H,1-3,7-9H2/t12-/m0/s1. The summed E-state index contributed by atoms with van der Waals surface area (Å²) < 4.78 is 0. The summed E-state index contributed by atoms with van der Waals surface area (Å²) >= 11 is 0. The van der Waals surface area contributed by atoms with Crippen molar-refractivity contribution in [2.75, 3.05) is 13.1 Å². The summed E-state index contributed by atoms with van der Waals surface area (Å²) in [5.74, 6) is 0. The Morgan fingerprint density at radius 3 is 2.80 bits per heavy atom. The van der Waals surface area contributed by atoms with E-state index in [1.165, 1.54) is 19.3 Å². The first kappa shape index (κ1) is 10.6. The molecular formula is C12H18N2O. The Labute approximate surface area is 90.8 Å². The fraction of sp³-hybridized carbons (Fsp3) is 0.583. The van der Waals surface area contributed by atoms with Crippen LogP contribution < -0.4 is 0 Å².